The first-order valence-electron chi connectivity index (χ1n) is 7.26. The highest BCUT2D eigenvalue weighted by Gasteiger charge is 2.33. The highest BCUT2D eigenvalue weighted by Crippen LogP contribution is 2.26. The third-order valence-electron chi connectivity index (χ3n) is 4.00. The monoisotopic (exact) mass is 325 g/mol. The van der Waals surface area contributed by atoms with Gasteiger partial charge in [-0.15, -0.1) is 0 Å². The van der Waals surface area contributed by atoms with Crippen molar-refractivity contribution in [1.29, 1.82) is 0 Å². The van der Waals surface area contributed by atoms with Gasteiger partial charge in [0.2, 0.25) is 5.91 Å². The molecular formula is C15H20ClN3O3. The van der Waals surface area contributed by atoms with Crippen molar-refractivity contribution in [3.8, 4) is 0 Å². The molecular weight excluding hydrogens is 306 g/mol. The molecule has 1 aliphatic rings. The standard InChI is InChI=1S/C15H20ClN3O3/c1-9-13(16)10(2)19(18-9)8-7-17-14(20)11-5-3-4-6-12(11)15(21)22/h3-4,11-12H,5-8H2,1-2H3,(H,17,20)(H,21,22). The van der Waals surface area contributed by atoms with E-state index in [1.54, 1.807) is 4.68 Å². The van der Waals surface area contributed by atoms with E-state index in [0.29, 0.717) is 31.0 Å². The molecule has 1 heterocycles. The molecule has 1 aliphatic carbocycles. The predicted molar refractivity (Wildman–Crippen MR) is 82.7 cm³/mol. The van der Waals surface area contributed by atoms with Crippen LogP contribution in [-0.4, -0.2) is 33.3 Å². The summed E-state index contributed by atoms with van der Waals surface area (Å²) in [5.74, 6) is -2.29. The number of rotatable bonds is 5. The predicted octanol–water partition coefficient (Wildman–Crippen LogP) is 1.94. The number of halogens is 1. The SMILES string of the molecule is Cc1nn(CCNC(=O)C2CC=CCC2C(=O)O)c(C)c1Cl. The molecule has 2 rings (SSSR count). The van der Waals surface area contributed by atoms with Gasteiger partial charge < -0.3 is 10.4 Å². The van der Waals surface area contributed by atoms with Crippen molar-refractivity contribution < 1.29 is 14.7 Å². The van der Waals surface area contributed by atoms with Crippen molar-refractivity contribution in [3.05, 3.63) is 28.6 Å². The molecule has 2 N–H and O–H groups in total. The molecule has 0 saturated carbocycles. The molecule has 1 aromatic rings. The Labute approximate surface area is 134 Å². The number of hydrogen-bond donors (Lipinski definition) is 2. The van der Waals surface area contributed by atoms with Crippen LogP contribution in [0.2, 0.25) is 5.02 Å². The topological polar surface area (TPSA) is 84.2 Å². The zero-order valence-electron chi connectivity index (χ0n) is 12.7. The second kappa shape index (κ2) is 6.96. The Balaban J connectivity index is 1.91. The number of carbonyl (C=O) groups is 2. The number of amides is 1. The van der Waals surface area contributed by atoms with Gasteiger partial charge >= 0.3 is 5.97 Å². The fourth-order valence-corrected chi connectivity index (χ4v) is 2.82. The quantitative estimate of drug-likeness (QED) is 0.810. The summed E-state index contributed by atoms with van der Waals surface area (Å²) in [5.41, 5.74) is 1.62. The molecule has 1 amide bonds. The van der Waals surface area contributed by atoms with Crippen molar-refractivity contribution in [2.24, 2.45) is 11.8 Å². The molecule has 0 bridgehead atoms. The number of carboxylic acid groups (broad SMARTS) is 1. The summed E-state index contributed by atoms with van der Waals surface area (Å²) >= 11 is 6.07. The lowest BCUT2D eigenvalue weighted by Gasteiger charge is -2.24. The smallest absolute Gasteiger partial charge is 0.307 e. The van der Waals surface area contributed by atoms with Gasteiger partial charge in [0.15, 0.2) is 0 Å². The first-order valence-corrected chi connectivity index (χ1v) is 7.64. The summed E-state index contributed by atoms with van der Waals surface area (Å²) in [6.45, 7) is 4.60. The van der Waals surface area contributed by atoms with E-state index in [1.165, 1.54) is 0 Å². The summed E-state index contributed by atoms with van der Waals surface area (Å²) in [5, 5.41) is 16.9. The Morgan fingerprint density at radius 2 is 2.00 bits per heavy atom. The second-order valence-corrected chi connectivity index (χ2v) is 5.87. The van der Waals surface area contributed by atoms with E-state index < -0.39 is 17.8 Å². The molecule has 0 saturated heterocycles. The molecule has 7 heteroatoms. The third-order valence-corrected chi connectivity index (χ3v) is 4.55. The zero-order chi connectivity index (χ0) is 16.3. The number of aromatic nitrogens is 2. The van der Waals surface area contributed by atoms with E-state index in [4.69, 9.17) is 11.6 Å². The lowest BCUT2D eigenvalue weighted by atomic mass is 9.82. The number of carboxylic acids is 1. The number of hydrogen-bond acceptors (Lipinski definition) is 3. The summed E-state index contributed by atoms with van der Waals surface area (Å²) in [7, 11) is 0. The Hall–Kier alpha value is -1.82. The maximum Gasteiger partial charge on any atom is 0.307 e. The summed E-state index contributed by atoms with van der Waals surface area (Å²) in [6, 6.07) is 0. The number of aryl methyl sites for hydroxylation is 1. The van der Waals surface area contributed by atoms with Gasteiger partial charge in [-0.3, -0.25) is 14.3 Å². The van der Waals surface area contributed by atoms with Crippen molar-refractivity contribution in [3.63, 3.8) is 0 Å². The van der Waals surface area contributed by atoms with Gasteiger partial charge in [0.1, 0.15) is 0 Å². The molecule has 1 aromatic heterocycles. The highest BCUT2D eigenvalue weighted by atomic mass is 35.5. The van der Waals surface area contributed by atoms with Crippen molar-refractivity contribution in [2.45, 2.75) is 33.2 Å². The maximum absolute atomic E-state index is 12.2. The van der Waals surface area contributed by atoms with Gasteiger partial charge in [-0.25, -0.2) is 0 Å². The van der Waals surface area contributed by atoms with Gasteiger partial charge in [-0.05, 0) is 26.7 Å². The Kier molecular flexibility index (Phi) is 5.24. The van der Waals surface area contributed by atoms with Gasteiger partial charge in [0.25, 0.3) is 0 Å². The number of allylic oxidation sites excluding steroid dienone is 2. The van der Waals surface area contributed by atoms with Crippen molar-refractivity contribution in [1.82, 2.24) is 15.1 Å². The minimum absolute atomic E-state index is 0.218. The average molecular weight is 326 g/mol. The zero-order valence-corrected chi connectivity index (χ0v) is 13.4. The van der Waals surface area contributed by atoms with E-state index in [9.17, 15) is 14.7 Å². The van der Waals surface area contributed by atoms with Crippen LogP contribution in [0.4, 0.5) is 0 Å². The number of nitrogens with one attached hydrogen (secondary N) is 1. The summed E-state index contributed by atoms with van der Waals surface area (Å²) < 4.78 is 1.74. The van der Waals surface area contributed by atoms with E-state index in [0.717, 1.165) is 11.4 Å². The minimum atomic E-state index is -0.921. The van der Waals surface area contributed by atoms with Gasteiger partial charge in [0.05, 0.1) is 34.8 Å². The molecule has 0 aliphatic heterocycles. The van der Waals surface area contributed by atoms with Gasteiger partial charge in [-0.1, -0.05) is 23.8 Å². The normalized spacial score (nSPS) is 20.9. The van der Waals surface area contributed by atoms with Crippen LogP contribution in [0.1, 0.15) is 24.2 Å². The molecule has 22 heavy (non-hydrogen) atoms. The number of carbonyl (C=O) groups excluding carboxylic acids is 1. The first-order chi connectivity index (χ1) is 10.4. The summed E-state index contributed by atoms with van der Waals surface area (Å²) in [4.78, 5) is 23.4. The van der Waals surface area contributed by atoms with Crippen LogP contribution in [0.15, 0.2) is 12.2 Å². The van der Waals surface area contributed by atoms with E-state index in [-0.39, 0.29) is 5.91 Å². The second-order valence-electron chi connectivity index (χ2n) is 5.49. The van der Waals surface area contributed by atoms with Crippen molar-refractivity contribution >= 4 is 23.5 Å². The van der Waals surface area contributed by atoms with Crippen molar-refractivity contribution in [2.75, 3.05) is 6.54 Å². The fourth-order valence-electron chi connectivity index (χ4n) is 2.69. The number of aliphatic carboxylic acids is 1. The molecule has 0 spiro atoms. The lowest BCUT2D eigenvalue weighted by molar-refractivity contribution is -0.147. The first kappa shape index (κ1) is 16.5. The Morgan fingerprint density at radius 3 is 2.55 bits per heavy atom. The van der Waals surface area contributed by atoms with Crippen LogP contribution in [0, 0.1) is 25.7 Å². The molecule has 6 nitrogen and oxygen atoms in total. The minimum Gasteiger partial charge on any atom is -0.481 e. The largest absolute Gasteiger partial charge is 0.481 e. The maximum atomic E-state index is 12.2. The van der Waals surface area contributed by atoms with E-state index in [2.05, 4.69) is 10.4 Å². The van der Waals surface area contributed by atoms with Crippen LogP contribution in [0.5, 0.6) is 0 Å². The average Bonchev–Trinajstić information content (AvgIpc) is 2.74. The van der Waals surface area contributed by atoms with Crippen LogP contribution >= 0.6 is 11.6 Å². The van der Waals surface area contributed by atoms with Crippen LogP contribution in [0.3, 0.4) is 0 Å². The Morgan fingerprint density at radius 1 is 1.36 bits per heavy atom. The molecule has 2 unspecified atom stereocenters. The summed E-state index contributed by atoms with van der Waals surface area (Å²) in [6.07, 6.45) is 4.56. The molecule has 2 atom stereocenters. The van der Waals surface area contributed by atoms with Gasteiger partial charge in [0, 0.05) is 6.54 Å². The molecule has 0 fully saturated rings. The van der Waals surface area contributed by atoms with Gasteiger partial charge in [-0.2, -0.15) is 5.10 Å². The molecule has 0 radical (unpaired) electrons. The van der Waals surface area contributed by atoms with Crippen LogP contribution in [-0.2, 0) is 16.1 Å². The van der Waals surface area contributed by atoms with Crippen LogP contribution < -0.4 is 5.32 Å². The Bertz CT molecular complexity index is 609. The lowest BCUT2D eigenvalue weighted by Crippen LogP contribution is -2.40. The van der Waals surface area contributed by atoms with Crippen LogP contribution in [0.25, 0.3) is 0 Å². The highest BCUT2D eigenvalue weighted by molar-refractivity contribution is 6.31. The molecule has 120 valence electrons. The van der Waals surface area contributed by atoms with E-state index >= 15 is 0 Å². The third kappa shape index (κ3) is 3.50. The number of nitrogens with zero attached hydrogens (tertiary/aromatic N) is 2. The fraction of sp³-hybridized carbons (Fsp3) is 0.533. The molecule has 0 aromatic carbocycles. The van der Waals surface area contributed by atoms with E-state index in [1.807, 2.05) is 26.0 Å².